The van der Waals surface area contributed by atoms with Crippen LogP contribution in [-0.2, 0) is 10.0 Å². The molecule has 1 aliphatic rings. The topological polar surface area (TPSA) is 62.3 Å². The Labute approximate surface area is 135 Å². The minimum absolute atomic E-state index is 0.0300. The number of sulfonamides is 1. The molecule has 1 aromatic rings. The molecule has 0 aromatic carbocycles. The second-order valence-electron chi connectivity index (χ2n) is 5.33. The molecule has 1 aliphatic heterocycles. The number of piperidine rings is 1. The van der Waals surface area contributed by atoms with Crippen molar-refractivity contribution in [1.29, 1.82) is 0 Å². The van der Waals surface area contributed by atoms with Gasteiger partial charge in [-0.15, -0.1) is 0 Å². The summed E-state index contributed by atoms with van der Waals surface area (Å²) in [5.41, 5.74) is 0. The van der Waals surface area contributed by atoms with Crippen LogP contribution in [0.4, 0.5) is 0 Å². The van der Waals surface area contributed by atoms with Gasteiger partial charge in [-0.3, -0.25) is 0 Å². The summed E-state index contributed by atoms with van der Waals surface area (Å²) in [6, 6.07) is 1.13. The van der Waals surface area contributed by atoms with Gasteiger partial charge in [-0.2, -0.15) is 0 Å². The number of aromatic nitrogens is 1. The largest absolute Gasteiger partial charge is 0.302 e. The minimum Gasteiger partial charge on any atom is -0.302 e. The van der Waals surface area contributed by atoms with Crippen molar-refractivity contribution in [1.82, 2.24) is 14.6 Å². The maximum absolute atomic E-state index is 12.3. The molecule has 1 N–H and O–H groups in total. The third kappa shape index (κ3) is 4.79. The highest BCUT2D eigenvalue weighted by atomic mass is 35.5. The molecule has 118 valence electrons. The summed E-state index contributed by atoms with van der Waals surface area (Å²) in [7, 11) is -3.63. The van der Waals surface area contributed by atoms with Gasteiger partial charge in [-0.05, 0) is 38.9 Å². The van der Waals surface area contributed by atoms with E-state index in [0.717, 1.165) is 13.1 Å². The van der Waals surface area contributed by atoms with Gasteiger partial charge in [0.1, 0.15) is 10.0 Å². The fourth-order valence-electron chi connectivity index (χ4n) is 2.45. The predicted octanol–water partition coefficient (Wildman–Crippen LogP) is 2.54. The van der Waals surface area contributed by atoms with E-state index in [2.05, 4.69) is 14.6 Å². The van der Waals surface area contributed by atoms with Crippen molar-refractivity contribution in [3.05, 3.63) is 22.4 Å². The summed E-state index contributed by atoms with van der Waals surface area (Å²) in [6.45, 7) is 4.62. The van der Waals surface area contributed by atoms with E-state index in [1.54, 1.807) is 0 Å². The molecule has 8 heteroatoms. The average Bonchev–Trinajstić information content (AvgIpc) is 2.42. The number of likely N-dealkylation sites (tertiary alicyclic amines) is 1. The van der Waals surface area contributed by atoms with Gasteiger partial charge in [0.2, 0.25) is 10.0 Å². The molecule has 1 unspecified atom stereocenters. The summed E-state index contributed by atoms with van der Waals surface area (Å²) in [5.74, 6) is 0. The zero-order valence-electron chi connectivity index (χ0n) is 11.8. The second kappa shape index (κ2) is 7.24. The van der Waals surface area contributed by atoms with Crippen LogP contribution in [0.5, 0.6) is 0 Å². The van der Waals surface area contributed by atoms with Crippen LogP contribution in [0.2, 0.25) is 10.2 Å². The first-order valence-electron chi connectivity index (χ1n) is 6.94. The summed E-state index contributed by atoms with van der Waals surface area (Å²) >= 11 is 11.5. The fraction of sp³-hybridized carbons (Fsp3) is 0.615. The van der Waals surface area contributed by atoms with Gasteiger partial charge in [0, 0.05) is 18.8 Å². The highest BCUT2D eigenvalue weighted by Crippen LogP contribution is 2.22. The van der Waals surface area contributed by atoms with Crippen molar-refractivity contribution in [3.8, 4) is 0 Å². The van der Waals surface area contributed by atoms with E-state index < -0.39 is 10.0 Å². The number of hydrogen-bond donors (Lipinski definition) is 1. The van der Waals surface area contributed by atoms with Crippen LogP contribution in [0.15, 0.2) is 17.2 Å². The number of pyridine rings is 1. The number of halogens is 2. The van der Waals surface area contributed by atoms with Gasteiger partial charge < -0.3 is 4.90 Å². The Morgan fingerprint density at radius 3 is 2.62 bits per heavy atom. The molecular weight excluding hydrogens is 333 g/mol. The summed E-state index contributed by atoms with van der Waals surface area (Å²) in [6.07, 6.45) is 4.82. The van der Waals surface area contributed by atoms with Gasteiger partial charge in [-0.25, -0.2) is 18.1 Å². The van der Waals surface area contributed by atoms with Crippen LogP contribution in [0.1, 0.15) is 26.2 Å². The molecular formula is C13H19Cl2N3O2S. The second-order valence-corrected chi connectivity index (χ2v) is 7.81. The maximum atomic E-state index is 12.3. The zero-order chi connectivity index (χ0) is 15.5. The van der Waals surface area contributed by atoms with Crippen molar-refractivity contribution in [2.24, 2.45) is 0 Å². The van der Waals surface area contributed by atoms with Crippen LogP contribution in [0, 0.1) is 0 Å². The van der Waals surface area contributed by atoms with Gasteiger partial charge in [0.05, 0.1) is 5.02 Å². The van der Waals surface area contributed by atoms with E-state index >= 15 is 0 Å². The normalized spacial score (nSPS) is 18.6. The number of nitrogens with one attached hydrogen (secondary N) is 1. The number of hydrogen-bond acceptors (Lipinski definition) is 4. The Bertz CT molecular complexity index is 589. The Hall–Kier alpha value is -0.400. The molecule has 0 aliphatic carbocycles. The molecule has 1 aromatic heterocycles. The van der Waals surface area contributed by atoms with E-state index in [4.69, 9.17) is 23.2 Å². The summed E-state index contributed by atoms with van der Waals surface area (Å²) in [4.78, 5) is 6.08. The lowest BCUT2D eigenvalue weighted by Gasteiger charge is -2.29. The molecule has 21 heavy (non-hydrogen) atoms. The molecule has 5 nitrogen and oxygen atoms in total. The highest BCUT2D eigenvalue weighted by Gasteiger charge is 2.21. The van der Waals surface area contributed by atoms with Gasteiger partial charge >= 0.3 is 0 Å². The van der Waals surface area contributed by atoms with Crippen LogP contribution in [-0.4, -0.2) is 44.0 Å². The Morgan fingerprint density at radius 2 is 2.00 bits per heavy atom. The molecule has 0 spiro atoms. The lowest BCUT2D eigenvalue weighted by molar-refractivity contribution is 0.215. The molecule has 1 fully saturated rings. The van der Waals surface area contributed by atoms with E-state index in [0.29, 0.717) is 6.54 Å². The van der Waals surface area contributed by atoms with E-state index in [9.17, 15) is 8.42 Å². The molecule has 0 radical (unpaired) electrons. The first-order valence-corrected chi connectivity index (χ1v) is 9.18. The smallest absolute Gasteiger partial charge is 0.242 e. The van der Waals surface area contributed by atoms with Crippen LogP contribution >= 0.6 is 23.2 Å². The molecule has 1 saturated heterocycles. The van der Waals surface area contributed by atoms with Crippen LogP contribution in [0.25, 0.3) is 0 Å². The molecule has 2 heterocycles. The molecule has 0 saturated carbocycles. The maximum Gasteiger partial charge on any atom is 0.242 e. The fourth-order valence-corrected chi connectivity index (χ4v) is 3.99. The third-order valence-electron chi connectivity index (χ3n) is 3.42. The monoisotopic (exact) mass is 351 g/mol. The van der Waals surface area contributed by atoms with E-state index in [1.165, 1.54) is 31.5 Å². The lowest BCUT2D eigenvalue weighted by atomic mass is 10.1. The van der Waals surface area contributed by atoms with Crippen molar-refractivity contribution in [2.45, 2.75) is 37.1 Å². The quantitative estimate of drug-likeness (QED) is 0.828. The SMILES string of the molecule is CC(CN1CCCCC1)NS(=O)(=O)c1cnc(Cl)c(Cl)c1. The highest BCUT2D eigenvalue weighted by molar-refractivity contribution is 7.89. The van der Waals surface area contributed by atoms with Gasteiger partial charge in [0.25, 0.3) is 0 Å². The summed E-state index contributed by atoms with van der Waals surface area (Å²) in [5, 5.41) is 0.222. The van der Waals surface area contributed by atoms with Crippen LogP contribution in [0.3, 0.4) is 0 Å². The van der Waals surface area contributed by atoms with Crippen molar-refractivity contribution >= 4 is 33.2 Å². The first-order chi connectivity index (χ1) is 9.88. The minimum atomic E-state index is -3.63. The van der Waals surface area contributed by atoms with Gasteiger partial charge in [-0.1, -0.05) is 29.6 Å². The van der Waals surface area contributed by atoms with E-state index in [-0.39, 0.29) is 21.1 Å². The van der Waals surface area contributed by atoms with Crippen LogP contribution < -0.4 is 4.72 Å². The molecule has 0 amide bonds. The number of nitrogens with zero attached hydrogens (tertiary/aromatic N) is 2. The Morgan fingerprint density at radius 1 is 1.33 bits per heavy atom. The molecule has 2 rings (SSSR count). The van der Waals surface area contributed by atoms with Crippen molar-refractivity contribution in [2.75, 3.05) is 19.6 Å². The standard InChI is InChI=1S/C13H19Cl2N3O2S/c1-10(9-18-5-3-2-4-6-18)17-21(19,20)11-7-12(14)13(15)16-8-11/h7-8,10,17H,2-6,9H2,1H3. The molecule has 0 bridgehead atoms. The lowest BCUT2D eigenvalue weighted by Crippen LogP contribution is -2.43. The number of rotatable bonds is 5. The van der Waals surface area contributed by atoms with E-state index in [1.807, 2.05) is 6.92 Å². The Kier molecular flexibility index (Phi) is 5.85. The average molecular weight is 352 g/mol. The van der Waals surface area contributed by atoms with Gasteiger partial charge in [0.15, 0.2) is 0 Å². The third-order valence-corrected chi connectivity index (χ3v) is 5.66. The first kappa shape index (κ1) is 17.0. The Balaban J connectivity index is 2.00. The van der Waals surface area contributed by atoms with Crippen molar-refractivity contribution in [3.63, 3.8) is 0 Å². The summed E-state index contributed by atoms with van der Waals surface area (Å²) < 4.78 is 27.2. The predicted molar refractivity (Wildman–Crippen MR) is 84.3 cm³/mol. The molecule has 1 atom stereocenters. The van der Waals surface area contributed by atoms with Crippen molar-refractivity contribution < 1.29 is 8.42 Å². The zero-order valence-corrected chi connectivity index (χ0v) is 14.2.